The van der Waals surface area contributed by atoms with Gasteiger partial charge in [-0.25, -0.2) is 0 Å². The van der Waals surface area contributed by atoms with Crippen LogP contribution in [0.15, 0.2) is 42.5 Å². The molecule has 2 aromatic rings. The summed E-state index contributed by atoms with van der Waals surface area (Å²) < 4.78 is -0.567. The molecule has 2 rings (SSSR count). The standard InChI is InChI=1S/C22H28ClNO2S/c1-5-18(12-16-11-10-15(2)20(25)13-16)24-21(26)22(3,4)27-14-17-8-6-7-9-19(17)23/h6-11,13,18,25H,5,12,14H2,1-4H3,(H,24,26). The van der Waals surface area contributed by atoms with E-state index in [0.717, 1.165) is 28.1 Å². The molecule has 0 radical (unpaired) electrons. The minimum Gasteiger partial charge on any atom is -0.508 e. The first-order valence-electron chi connectivity index (χ1n) is 9.19. The van der Waals surface area contributed by atoms with Crippen LogP contribution >= 0.6 is 23.4 Å². The van der Waals surface area contributed by atoms with Gasteiger partial charge in [-0.2, -0.15) is 0 Å². The molecule has 5 heteroatoms. The average molecular weight is 406 g/mol. The number of hydrogen-bond donors (Lipinski definition) is 2. The van der Waals surface area contributed by atoms with Gasteiger partial charge in [-0.15, -0.1) is 11.8 Å². The molecule has 0 spiro atoms. The van der Waals surface area contributed by atoms with Crippen molar-refractivity contribution in [2.24, 2.45) is 0 Å². The summed E-state index contributed by atoms with van der Waals surface area (Å²) in [6.07, 6.45) is 1.52. The van der Waals surface area contributed by atoms with E-state index in [1.54, 1.807) is 17.8 Å². The number of aromatic hydroxyl groups is 1. The maximum atomic E-state index is 12.8. The number of phenolic OH excluding ortho intramolecular Hbond substituents is 1. The number of carbonyl (C=O) groups excluding carboxylic acids is 1. The third kappa shape index (κ3) is 6.18. The summed E-state index contributed by atoms with van der Waals surface area (Å²) in [6, 6.07) is 13.4. The van der Waals surface area contributed by atoms with Crippen molar-refractivity contribution in [1.29, 1.82) is 0 Å². The normalized spacial score (nSPS) is 12.6. The molecule has 0 saturated carbocycles. The fraction of sp³-hybridized carbons (Fsp3) is 0.409. The van der Waals surface area contributed by atoms with E-state index in [1.165, 1.54) is 0 Å². The number of phenols is 1. The highest BCUT2D eigenvalue weighted by atomic mass is 35.5. The van der Waals surface area contributed by atoms with Crippen LogP contribution in [0.25, 0.3) is 0 Å². The Morgan fingerprint density at radius 1 is 1.26 bits per heavy atom. The lowest BCUT2D eigenvalue weighted by atomic mass is 10.0. The molecule has 1 amide bonds. The van der Waals surface area contributed by atoms with Gasteiger partial charge in [0.15, 0.2) is 0 Å². The predicted octanol–water partition coefficient (Wildman–Crippen LogP) is 5.50. The summed E-state index contributed by atoms with van der Waals surface area (Å²) in [5, 5.41) is 13.8. The van der Waals surface area contributed by atoms with E-state index in [9.17, 15) is 9.90 Å². The van der Waals surface area contributed by atoms with Gasteiger partial charge in [0.1, 0.15) is 5.75 Å². The van der Waals surface area contributed by atoms with Gasteiger partial charge in [0.25, 0.3) is 0 Å². The highest BCUT2D eigenvalue weighted by Gasteiger charge is 2.29. The lowest BCUT2D eigenvalue weighted by Crippen LogP contribution is -2.45. The molecule has 0 fully saturated rings. The number of halogens is 1. The zero-order valence-corrected chi connectivity index (χ0v) is 18.0. The Labute approximate surface area is 171 Å². The van der Waals surface area contributed by atoms with Gasteiger partial charge in [0, 0.05) is 16.8 Å². The number of rotatable bonds is 8. The molecule has 1 atom stereocenters. The lowest BCUT2D eigenvalue weighted by Gasteiger charge is -2.27. The molecule has 0 bridgehead atoms. The van der Waals surface area contributed by atoms with Crippen molar-refractivity contribution in [3.8, 4) is 5.75 Å². The Morgan fingerprint density at radius 2 is 1.96 bits per heavy atom. The average Bonchev–Trinajstić information content (AvgIpc) is 2.63. The first kappa shape index (κ1) is 21.6. The molecule has 2 N–H and O–H groups in total. The van der Waals surface area contributed by atoms with Crippen LogP contribution in [0.3, 0.4) is 0 Å². The number of hydrogen-bond acceptors (Lipinski definition) is 3. The van der Waals surface area contributed by atoms with Crippen molar-refractivity contribution in [3.05, 3.63) is 64.2 Å². The Kier molecular flexibility index (Phi) is 7.63. The number of aryl methyl sites for hydroxylation is 1. The molecule has 0 heterocycles. The van der Waals surface area contributed by atoms with E-state index in [4.69, 9.17) is 11.6 Å². The van der Waals surface area contributed by atoms with Crippen molar-refractivity contribution >= 4 is 29.3 Å². The van der Waals surface area contributed by atoms with Crippen LogP contribution in [-0.4, -0.2) is 21.8 Å². The summed E-state index contributed by atoms with van der Waals surface area (Å²) in [6.45, 7) is 7.81. The molecule has 1 unspecified atom stereocenters. The van der Waals surface area contributed by atoms with Crippen LogP contribution in [-0.2, 0) is 17.0 Å². The van der Waals surface area contributed by atoms with E-state index in [1.807, 2.05) is 57.2 Å². The third-order valence-electron chi connectivity index (χ3n) is 4.68. The maximum absolute atomic E-state index is 12.8. The summed E-state index contributed by atoms with van der Waals surface area (Å²) in [4.78, 5) is 12.8. The molecule has 3 nitrogen and oxygen atoms in total. The van der Waals surface area contributed by atoms with E-state index < -0.39 is 4.75 Å². The van der Waals surface area contributed by atoms with E-state index in [2.05, 4.69) is 12.2 Å². The number of nitrogens with one attached hydrogen (secondary N) is 1. The van der Waals surface area contributed by atoms with Crippen LogP contribution in [0.1, 0.15) is 43.9 Å². The van der Waals surface area contributed by atoms with Gasteiger partial charge in [-0.3, -0.25) is 4.79 Å². The van der Waals surface area contributed by atoms with Crippen LogP contribution in [0.4, 0.5) is 0 Å². The Hall–Kier alpha value is -1.65. The summed E-state index contributed by atoms with van der Waals surface area (Å²) in [7, 11) is 0. The smallest absolute Gasteiger partial charge is 0.235 e. The molecule has 2 aromatic carbocycles. The number of carbonyl (C=O) groups is 1. The SMILES string of the molecule is CCC(Cc1ccc(C)c(O)c1)NC(=O)C(C)(C)SCc1ccccc1Cl. The van der Waals surface area contributed by atoms with Crippen LogP contribution in [0.5, 0.6) is 5.75 Å². The van der Waals surface area contributed by atoms with Gasteiger partial charge < -0.3 is 10.4 Å². The fourth-order valence-electron chi connectivity index (χ4n) is 2.66. The summed E-state index contributed by atoms with van der Waals surface area (Å²) >= 11 is 7.80. The first-order valence-corrected chi connectivity index (χ1v) is 10.6. The van der Waals surface area contributed by atoms with Crippen molar-refractivity contribution in [3.63, 3.8) is 0 Å². The predicted molar refractivity (Wildman–Crippen MR) is 116 cm³/mol. The second-order valence-corrected chi connectivity index (χ2v) is 9.30. The minimum absolute atomic E-state index is 0.0164. The fourth-order valence-corrected chi connectivity index (χ4v) is 3.90. The van der Waals surface area contributed by atoms with E-state index >= 15 is 0 Å². The summed E-state index contributed by atoms with van der Waals surface area (Å²) in [5.74, 6) is 0.995. The van der Waals surface area contributed by atoms with Gasteiger partial charge in [-0.05, 0) is 62.4 Å². The zero-order valence-electron chi connectivity index (χ0n) is 16.4. The molecule has 146 valence electrons. The van der Waals surface area contributed by atoms with E-state index in [0.29, 0.717) is 17.9 Å². The molecule has 0 aromatic heterocycles. The number of benzene rings is 2. The minimum atomic E-state index is -0.567. The Balaban J connectivity index is 1.97. The highest BCUT2D eigenvalue weighted by Crippen LogP contribution is 2.31. The van der Waals surface area contributed by atoms with Crippen molar-refractivity contribution in [2.45, 2.75) is 57.1 Å². The van der Waals surface area contributed by atoms with Gasteiger partial charge in [0.2, 0.25) is 5.91 Å². The van der Waals surface area contributed by atoms with Gasteiger partial charge in [0.05, 0.1) is 4.75 Å². The Bertz CT molecular complexity index is 792. The quantitative estimate of drug-likeness (QED) is 0.609. The third-order valence-corrected chi connectivity index (χ3v) is 6.41. The zero-order chi connectivity index (χ0) is 20.0. The number of thioether (sulfide) groups is 1. The van der Waals surface area contributed by atoms with E-state index in [-0.39, 0.29) is 11.9 Å². The second-order valence-electron chi connectivity index (χ2n) is 7.29. The topological polar surface area (TPSA) is 49.3 Å². The van der Waals surface area contributed by atoms with Crippen molar-refractivity contribution in [2.75, 3.05) is 0 Å². The van der Waals surface area contributed by atoms with Crippen molar-refractivity contribution < 1.29 is 9.90 Å². The molecular weight excluding hydrogens is 378 g/mol. The molecule has 0 aliphatic heterocycles. The van der Waals surface area contributed by atoms with Crippen LogP contribution in [0, 0.1) is 6.92 Å². The Morgan fingerprint density at radius 3 is 2.59 bits per heavy atom. The second kappa shape index (κ2) is 9.52. The molecule has 0 aliphatic rings. The monoisotopic (exact) mass is 405 g/mol. The summed E-state index contributed by atoms with van der Waals surface area (Å²) in [5.41, 5.74) is 2.91. The van der Waals surface area contributed by atoms with Crippen LogP contribution < -0.4 is 5.32 Å². The molecular formula is C22H28ClNO2S. The van der Waals surface area contributed by atoms with Crippen LogP contribution in [0.2, 0.25) is 5.02 Å². The van der Waals surface area contributed by atoms with Crippen molar-refractivity contribution in [1.82, 2.24) is 5.32 Å². The molecule has 27 heavy (non-hydrogen) atoms. The molecule has 0 saturated heterocycles. The van der Waals surface area contributed by atoms with Gasteiger partial charge >= 0.3 is 0 Å². The number of amides is 1. The first-order chi connectivity index (χ1) is 12.7. The highest BCUT2D eigenvalue weighted by molar-refractivity contribution is 8.00. The lowest BCUT2D eigenvalue weighted by molar-refractivity contribution is -0.123. The largest absolute Gasteiger partial charge is 0.508 e. The van der Waals surface area contributed by atoms with Gasteiger partial charge in [-0.1, -0.05) is 48.9 Å². The maximum Gasteiger partial charge on any atom is 0.235 e. The molecule has 0 aliphatic carbocycles.